The predicted molar refractivity (Wildman–Crippen MR) is 75.0 cm³/mol. The van der Waals surface area contributed by atoms with Crippen molar-refractivity contribution in [2.45, 2.75) is 38.5 Å². The van der Waals surface area contributed by atoms with Crippen LogP contribution in [0, 0.1) is 12.3 Å². The van der Waals surface area contributed by atoms with Gasteiger partial charge in [-0.05, 0) is 37.3 Å². The van der Waals surface area contributed by atoms with Gasteiger partial charge >= 0.3 is 0 Å². The van der Waals surface area contributed by atoms with Gasteiger partial charge in [0, 0.05) is 13.0 Å². The van der Waals surface area contributed by atoms with E-state index < -0.39 is 0 Å². The van der Waals surface area contributed by atoms with Crippen LogP contribution < -0.4 is 5.32 Å². The molecule has 0 heterocycles. The summed E-state index contributed by atoms with van der Waals surface area (Å²) in [6.45, 7) is 4.35. The summed E-state index contributed by atoms with van der Waals surface area (Å²) in [6, 6.07) is 10.7. The molecular formula is C16H23N. The van der Waals surface area contributed by atoms with Crippen LogP contribution in [0.1, 0.15) is 44.1 Å². The highest BCUT2D eigenvalue weighted by Gasteiger charge is 2.09. The lowest BCUT2D eigenvalue weighted by Gasteiger charge is -2.17. The van der Waals surface area contributed by atoms with E-state index in [1.165, 1.54) is 18.4 Å². The summed E-state index contributed by atoms with van der Waals surface area (Å²) in [4.78, 5) is 0. The number of benzene rings is 1. The van der Waals surface area contributed by atoms with E-state index in [4.69, 9.17) is 6.42 Å². The van der Waals surface area contributed by atoms with Crippen LogP contribution in [-0.4, -0.2) is 13.1 Å². The maximum absolute atomic E-state index is 5.31. The van der Waals surface area contributed by atoms with Gasteiger partial charge in [-0.25, -0.2) is 0 Å². The van der Waals surface area contributed by atoms with Crippen molar-refractivity contribution in [2.75, 3.05) is 13.1 Å². The second-order valence-electron chi connectivity index (χ2n) is 4.41. The van der Waals surface area contributed by atoms with Gasteiger partial charge in [0.25, 0.3) is 0 Å². The van der Waals surface area contributed by atoms with E-state index in [0.717, 1.165) is 25.9 Å². The van der Waals surface area contributed by atoms with Crippen LogP contribution in [0.15, 0.2) is 30.3 Å². The molecule has 17 heavy (non-hydrogen) atoms. The largest absolute Gasteiger partial charge is 0.316 e. The van der Waals surface area contributed by atoms with Gasteiger partial charge in [0.05, 0.1) is 0 Å². The number of rotatable bonds is 8. The summed E-state index contributed by atoms with van der Waals surface area (Å²) in [5, 5.41) is 3.51. The Balaban J connectivity index is 2.50. The van der Waals surface area contributed by atoms with Crippen molar-refractivity contribution in [3.8, 4) is 12.3 Å². The standard InChI is InChI=1S/C16H23N/c1-3-5-7-12-16(14-17-13-4-2)15-10-8-6-9-11-15/h1,6,8-11,16-17H,4-5,7,12-14H2,2H3. The molecule has 0 saturated heterocycles. The summed E-state index contributed by atoms with van der Waals surface area (Å²) < 4.78 is 0. The first-order chi connectivity index (χ1) is 8.38. The maximum Gasteiger partial charge on any atom is 0.00862 e. The van der Waals surface area contributed by atoms with Crippen molar-refractivity contribution >= 4 is 0 Å². The van der Waals surface area contributed by atoms with Crippen LogP contribution in [0.5, 0.6) is 0 Å². The second kappa shape index (κ2) is 8.84. The first-order valence-electron chi connectivity index (χ1n) is 6.57. The molecule has 0 fully saturated rings. The van der Waals surface area contributed by atoms with Gasteiger partial charge in [0.15, 0.2) is 0 Å². The van der Waals surface area contributed by atoms with Gasteiger partial charge in [-0.15, -0.1) is 12.3 Å². The van der Waals surface area contributed by atoms with E-state index >= 15 is 0 Å². The Labute approximate surface area is 106 Å². The number of terminal acetylenes is 1. The molecule has 1 atom stereocenters. The van der Waals surface area contributed by atoms with Crippen LogP contribution >= 0.6 is 0 Å². The van der Waals surface area contributed by atoms with Crippen molar-refractivity contribution in [1.29, 1.82) is 0 Å². The summed E-state index contributed by atoms with van der Waals surface area (Å²) in [5.41, 5.74) is 1.42. The minimum atomic E-state index is 0.594. The quantitative estimate of drug-likeness (QED) is 0.531. The molecule has 0 aliphatic rings. The van der Waals surface area contributed by atoms with Gasteiger partial charge in [-0.2, -0.15) is 0 Å². The summed E-state index contributed by atoms with van der Waals surface area (Å²) in [6.07, 6.45) is 9.67. The molecular weight excluding hydrogens is 206 g/mol. The molecule has 0 aromatic heterocycles. The molecule has 1 nitrogen and oxygen atoms in total. The first kappa shape index (κ1) is 13.8. The number of unbranched alkanes of at least 4 members (excludes halogenated alkanes) is 1. The molecule has 0 aliphatic carbocycles. The highest BCUT2D eigenvalue weighted by Crippen LogP contribution is 2.21. The third-order valence-electron chi connectivity index (χ3n) is 2.96. The Morgan fingerprint density at radius 2 is 2.06 bits per heavy atom. The van der Waals surface area contributed by atoms with Crippen LogP contribution in [0.2, 0.25) is 0 Å². The lowest BCUT2D eigenvalue weighted by molar-refractivity contribution is 0.536. The van der Waals surface area contributed by atoms with Gasteiger partial charge in [-0.3, -0.25) is 0 Å². The molecule has 0 bridgehead atoms. The normalized spacial score (nSPS) is 12.0. The Hall–Kier alpha value is -1.26. The van der Waals surface area contributed by atoms with Crippen LogP contribution in [0.3, 0.4) is 0 Å². The predicted octanol–water partition coefficient (Wildman–Crippen LogP) is 3.57. The second-order valence-corrected chi connectivity index (χ2v) is 4.41. The third kappa shape index (κ3) is 5.56. The zero-order chi connectivity index (χ0) is 12.3. The smallest absolute Gasteiger partial charge is 0.00862 e. The molecule has 0 saturated carbocycles. The van der Waals surface area contributed by atoms with Crippen molar-refractivity contribution < 1.29 is 0 Å². The Morgan fingerprint density at radius 3 is 2.71 bits per heavy atom. The lowest BCUT2D eigenvalue weighted by atomic mass is 9.93. The topological polar surface area (TPSA) is 12.0 Å². The van der Waals surface area contributed by atoms with Gasteiger partial charge < -0.3 is 5.32 Å². The van der Waals surface area contributed by atoms with Crippen LogP contribution in [0.25, 0.3) is 0 Å². The van der Waals surface area contributed by atoms with Crippen molar-refractivity contribution in [1.82, 2.24) is 5.32 Å². The molecule has 0 radical (unpaired) electrons. The van der Waals surface area contributed by atoms with Crippen molar-refractivity contribution in [3.05, 3.63) is 35.9 Å². The van der Waals surface area contributed by atoms with Crippen molar-refractivity contribution in [3.63, 3.8) is 0 Å². The fourth-order valence-corrected chi connectivity index (χ4v) is 2.02. The molecule has 0 aliphatic heterocycles. The Bertz CT molecular complexity index is 323. The van der Waals surface area contributed by atoms with E-state index in [9.17, 15) is 0 Å². The highest BCUT2D eigenvalue weighted by atomic mass is 14.8. The fraction of sp³-hybridized carbons (Fsp3) is 0.500. The molecule has 92 valence electrons. The zero-order valence-electron chi connectivity index (χ0n) is 10.8. The van der Waals surface area contributed by atoms with E-state index in [-0.39, 0.29) is 0 Å². The molecule has 1 unspecified atom stereocenters. The van der Waals surface area contributed by atoms with Crippen LogP contribution in [0.4, 0.5) is 0 Å². The van der Waals surface area contributed by atoms with Crippen molar-refractivity contribution in [2.24, 2.45) is 0 Å². The number of nitrogens with one attached hydrogen (secondary N) is 1. The molecule has 0 spiro atoms. The number of hydrogen-bond acceptors (Lipinski definition) is 1. The van der Waals surface area contributed by atoms with E-state index in [0.29, 0.717) is 5.92 Å². The van der Waals surface area contributed by atoms with E-state index in [2.05, 4.69) is 48.5 Å². The molecule has 1 N–H and O–H groups in total. The fourth-order valence-electron chi connectivity index (χ4n) is 2.02. The minimum Gasteiger partial charge on any atom is -0.316 e. The zero-order valence-corrected chi connectivity index (χ0v) is 10.8. The lowest BCUT2D eigenvalue weighted by Crippen LogP contribution is -2.22. The van der Waals surface area contributed by atoms with Gasteiger partial charge in [-0.1, -0.05) is 37.3 Å². The summed E-state index contributed by atoms with van der Waals surface area (Å²) in [5.74, 6) is 3.31. The minimum absolute atomic E-state index is 0.594. The molecule has 0 amide bonds. The van der Waals surface area contributed by atoms with E-state index in [1.807, 2.05) is 0 Å². The summed E-state index contributed by atoms with van der Waals surface area (Å²) >= 11 is 0. The monoisotopic (exact) mass is 229 g/mol. The van der Waals surface area contributed by atoms with Gasteiger partial charge in [0.2, 0.25) is 0 Å². The molecule has 1 rings (SSSR count). The average molecular weight is 229 g/mol. The van der Waals surface area contributed by atoms with Gasteiger partial charge in [0.1, 0.15) is 0 Å². The van der Waals surface area contributed by atoms with Crippen LogP contribution in [-0.2, 0) is 0 Å². The third-order valence-corrected chi connectivity index (χ3v) is 2.96. The van der Waals surface area contributed by atoms with E-state index in [1.54, 1.807) is 0 Å². The average Bonchev–Trinajstić information content (AvgIpc) is 2.38. The molecule has 1 aromatic rings. The Kier molecular flexibility index (Phi) is 7.18. The SMILES string of the molecule is C#CCCCC(CNCCC)c1ccccc1. The Morgan fingerprint density at radius 1 is 1.29 bits per heavy atom. The number of hydrogen-bond donors (Lipinski definition) is 1. The molecule has 1 heteroatoms. The molecule has 1 aromatic carbocycles. The first-order valence-corrected chi connectivity index (χ1v) is 6.57. The maximum atomic E-state index is 5.31. The summed E-state index contributed by atoms with van der Waals surface area (Å²) in [7, 11) is 0. The highest BCUT2D eigenvalue weighted by molar-refractivity contribution is 5.19.